The van der Waals surface area contributed by atoms with Gasteiger partial charge in [0.25, 0.3) is 0 Å². The van der Waals surface area contributed by atoms with Crippen LogP contribution in [0, 0.1) is 6.92 Å². The van der Waals surface area contributed by atoms with Gasteiger partial charge in [-0.05, 0) is 32.0 Å². The molecule has 1 heterocycles. The number of carbonyl (C=O) groups excluding carboxylic acids is 1. The second-order valence-corrected chi connectivity index (χ2v) is 10.1. The lowest BCUT2D eigenvalue weighted by Gasteiger charge is -2.14. The van der Waals surface area contributed by atoms with E-state index < -0.39 is 10.0 Å². The van der Waals surface area contributed by atoms with Gasteiger partial charge in [0.15, 0.2) is 4.34 Å². The van der Waals surface area contributed by atoms with E-state index in [-0.39, 0.29) is 16.1 Å². The zero-order chi connectivity index (χ0) is 17.9. The Kier molecular flexibility index (Phi) is 5.97. The Morgan fingerprint density at radius 2 is 2.04 bits per heavy atom. The van der Waals surface area contributed by atoms with Gasteiger partial charge in [-0.3, -0.25) is 4.79 Å². The van der Waals surface area contributed by atoms with Gasteiger partial charge in [-0.25, -0.2) is 12.7 Å². The molecular formula is C14H18N4O3S3. The lowest BCUT2D eigenvalue weighted by atomic mass is 10.3. The van der Waals surface area contributed by atoms with Crippen molar-refractivity contribution < 1.29 is 13.2 Å². The summed E-state index contributed by atoms with van der Waals surface area (Å²) in [5.41, 5.74) is 0.434. The van der Waals surface area contributed by atoms with Crippen LogP contribution in [0.15, 0.2) is 33.5 Å². The molecule has 0 saturated carbocycles. The number of aryl methyl sites for hydroxylation is 1. The largest absolute Gasteiger partial charge is 0.325 e. The number of amides is 1. The molecule has 0 saturated heterocycles. The van der Waals surface area contributed by atoms with Crippen LogP contribution in [-0.2, 0) is 14.8 Å². The summed E-state index contributed by atoms with van der Waals surface area (Å²) in [7, 11) is -0.618. The quantitative estimate of drug-likeness (QED) is 0.765. The first-order valence-electron chi connectivity index (χ1n) is 7.00. The molecule has 1 unspecified atom stereocenters. The summed E-state index contributed by atoms with van der Waals surface area (Å²) in [6.07, 6.45) is 0. The van der Waals surface area contributed by atoms with Crippen LogP contribution in [0.4, 0.5) is 5.69 Å². The Bertz CT molecular complexity index is 833. The molecule has 1 atom stereocenters. The number of carbonyl (C=O) groups is 1. The molecule has 1 aromatic heterocycles. The summed E-state index contributed by atoms with van der Waals surface area (Å²) >= 11 is 2.74. The van der Waals surface area contributed by atoms with Crippen molar-refractivity contribution in [2.45, 2.75) is 28.3 Å². The number of hydrogen-bond donors (Lipinski definition) is 1. The molecule has 0 bridgehead atoms. The van der Waals surface area contributed by atoms with Crippen molar-refractivity contribution in [3.8, 4) is 0 Å². The fourth-order valence-corrected chi connectivity index (χ4v) is 4.63. The summed E-state index contributed by atoms with van der Waals surface area (Å²) in [6, 6.07) is 6.18. The number of hydrogen-bond acceptors (Lipinski definition) is 7. The van der Waals surface area contributed by atoms with E-state index in [1.807, 2.05) is 6.92 Å². The van der Waals surface area contributed by atoms with Crippen LogP contribution < -0.4 is 5.32 Å². The highest BCUT2D eigenvalue weighted by Crippen LogP contribution is 2.27. The zero-order valence-corrected chi connectivity index (χ0v) is 16.1. The third-order valence-electron chi connectivity index (χ3n) is 3.03. The molecule has 2 rings (SSSR count). The minimum absolute atomic E-state index is 0.130. The van der Waals surface area contributed by atoms with Crippen LogP contribution in [0.5, 0.6) is 0 Å². The average molecular weight is 387 g/mol. The van der Waals surface area contributed by atoms with Crippen molar-refractivity contribution in [3.05, 3.63) is 29.3 Å². The van der Waals surface area contributed by atoms with Gasteiger partial charge in [0.2, 0.25) is 15.9 Å². The Hall–Kier alpha value is -1.49. The molecule has 0 aliphatic carbocycles. The number of anilines is 1. The summed E-state index contributed by atoms with van der Waals surface area (Å²) in [4.78, 5) is 12.4. The second kappa shape index (κ2) is 7.60. The third kappa shape index (κ3) is 4.53. The van der Waals surface area contributed by atoms with Crippen LogP contribution >= 0.6 is 23.1 Å². The number of nitrogens with one attached hydrogen (secondary N) is 1. The smallest absolute Gasteiger partial charge is 0.242 e. The highest BCUT2D eigenvalue weighted by molar-refractivity contribution is 8.02. The van der Waals surface area contributed by atoms with E-state index in [1.165, 1.54) is 49.3 Å². The van der Waals surface area contributed by atoms with Crippen molar-refractivity contribution in [2.75, 3.05) is 19.4 Å². The molecule has 10 heteroatoms. The van der Waals surface area contributed by atoms with Crippen molar-refractivity contribution in [1.29, 1.82) is 0 Å². The van der Waals surface area contributed by atoms with Crippen molar-refractivity contribution in [2.24, 2.45) is 0 Å². The van der Waals surface area contributed by atoms with E-state index in [1.54, 1.807) is 19.1 Å². The molecule has 130 valence electrons. The van der Waals surface area contributed by atoms with Crippen LogP contribution in [0.3, 0.4) is 0 Å². The van der Waals surface area contributed by atoms with Gasteiger partial charge >= 0.3 is 0 Å². The molecule has 1 N–H and O–H groups in total. The monoisotopic (exact) mass is 386 g/mol. The van der Waals surface area contributed by atoms with Gasteiger partial charge < -0.3 is 5.32 Å². The molecule has 0 aliphatic rings. The van der Waals surface area contributed by atoms with E-state index in [4.69, 9.17) is 0 Å². The minimum atomic E-state index is -3.54. The second-order valence-electron chi connectivity index (χ2n) is 5.15. The Balaban J connectivity index is 2.09. The van der Waals surface area contributed by atoms with Crippen molar-refractivity contribution >= 4 is 44.7 Å². The highest BCUT2D eigenvalue weighted by Gasteiger charge is 2.20. The Morgan fingerprint density at radius 1 is 1.33 bits per heavy atom. The van der Waals surface area contributed by atoms with E-state index in [9.17, 15) is 13.2 Å². The fourth-order valence-electron chi connectivity index (χ4n) is 1.72. The molecule has 7 nitrogen and oxygen atoms in total. The first kappa shape index (κ1) is 18.8. The van der Waals surface area contributed by atoms with E-state index in [0.717, 1.165) is 13.7 Å². The molecule has 24 heavy (non-hydrogen) atoms. The maximum Gasteiger partial charge on any atom is 0.242 e. The Morgan fingerprint density at radius 3 is 2.62 bits per heavy atom. The molecule has 0 fully saturated rings. The first-order valence-corrected chi connectivity index (χ1v) is 10.1. The predicted octanol–water partition coefficient (Wildman–Crippen LogP) is 2.22. The van der Waals surface area contributed by atoms with Gasteiger partial charge in [-0.2, -0.15) is 0 Å². The van der Waals surface area contributed by atoms with E-state index in [0.29, 0.717) is 5.69 Å². The van der Waals surface area contributed by atoms with Crippen LogP contribution in [0.1, 0.15) is 11.9 Å². The SMILES string of the molecule is Cc1nnc(SC(C)C(=O)Nc2cccc(S(=O)(=O)N(C)C)c2)s1. The number of nitrogens with zero attached hydrogens (tertiary/aromatic N) is 3. The van der Waals surface area contributed by atoms with Gasteiger partial charge in [-0.15, -0.1) is 10.2 Å². The maximum absolute atomic E-state index is 12.3. The molecule has 0 spiro atoms. The van der Waals surface area contributed by atoms with Crippen molar-refractivity contribution in [1.82, 2.24) is 14.5 Å². The number of aromatic nitrogens is 2. The predicted molar refractivity (Wildman–Crippen MR) is 95.9 cm³/mol. The molecule has 0 radical (unpaired) electrons. The van der Waals surface area contributed by atoms with Crippen LogP contribution in [-0.4, -0.2) is 48.2 Å². The molecule has 1 amide bonds. The molecule has 2 aromatic rings. The summed E-state index contributed by atoms with van der Waals surface area (Å²) < 4.78 is 26.1. The van der Waals surface area contributed by atoms with Gasteiger partial charge in [0.05, 0.1) is 10.1 Å². The van der Waals surface area contributed by atoms with Gasteiger partial charge in [0, 0.05) is 19.8 Å². The lowest BCUT2D eigenvalue weighted by Crippen LogP contribution is -2.24. The fraction of sp³-hybridized carbons (Fsp3) is 0.357. The van der Waals surface area contributed by atoms with E-state index >= 15 is 0 Å². The minimum Gasteiger partial charge on any atom is -0.325 e. The lowest BCUT2D eigenvalue weighted by molar-refractivity contribution is -0.115. The Labute approximate surface area is 149 Å². The van der Waals surface area contributed by atoms with Gasteiger partial charge in [-0.1, -0.05) is 29.2 Å². The normalized spacial score (nSPS) is 13.0. The summed E-state index contributed by atoms with van der Waals surface area (Å²) in [6.45, 7) is 3.61. The average Bonchev–Trinajstić information content (AvgIpc) is 2.92. The first-order chi connectivity index (χ1) is 11.2. The zero-order valence-electron chi connectivity index (χ0n) is 13.7. The standard InChI is InChI=1S/C14H18N4O3S3/c1-9(22-14-17-16-10(2)23-14)13(19)15-11-6-5-7-12(8-11)24(20,21)18(3)4/h5-9H,1-4H3,(H,15,19). The van der Waals surface area contributed by atoms with Crippen LogP contribution in [0.25, 0.3) is 0 Å². The molecule has 0 aliphatic heterocycles. The summed E-state index contributed by atoms with van der Waals surface area (Å²) in [5.74, 6) is -0.229. The number of rotatable bonds is 6. The third-order valence-corrected chi connectivity index (χ3v) is 6.87. The molecular weight excluding hydrogens is 368 g/mol. The maximum atomic E-state index is 12.3. The van der Waals surface area contributed by atoms with Gasteiger partial charge in [0.1, 0.15) is 5.01 Å². The number of benzene rings is 1. The summed E-state index contributed by atoms with van der Waals surface area (Å²) in [5, 5.41) is 11.1. The number of sulfonamides is 1. The topological polar surface area (TPSA) is 92.3 Å². The van der Waals surface area contributed by atoms with E-state index in [2.05, 4.69) is 15.5 Å². The molecule has 1 aromatic carbocycles. The highest BCUT2D eigenvalue weighted by atomic mass is 32.2. The van der Waals surface area contributed by atoms with Crippen LogP contribution in [0.2, 0.25) is 0 Å². The number of thioether (sulfide) groups is 1. The van der Waals surface area contributed by atoms with Crippen molar-refractivity contribution in [3.63, 3.8) is 0 Å².